The van der Waals surface area contributed by atoms with Crippen molar-refractivity contribution in [2.75, 3.05) is 20.3 Å². The molecular formula is C21H21N3O4. The molecule has 2 aromatic carbocycles. The smallest absolute Gasteiger partial charge is 0.267 e. The van der Waals surface area contributed by atoms with Crippen LogP contribution in [0.2, 0.25) is 0 Å². The molecule has 0 aliphatic rings. The number of hydrogen-bond donors (Lipinski definition) is 1. The predicted octanol–water partition coefficient (Wildman–Crippen LogP) is 2.11. The lowest BCUT2D eigenvalue weighted by Crippen LogP contribution is -2.35. The van der Waals surface area contributed by atoms with Gasteiger partial charge in [-0.1, -0.05) is 30.3 Å². The highest BCUT2D eigenvalue weighted by Crippen LogP contribution is 2.16. The standard InChI is InChI=1S/C21H21N3O4/c1-27-17-7-9-18(10-8-17)28-14-13-22-20(25)15-24-21(26)12-11-19(23-24)16-5-3-2-4-6-16/h2-12H,13-15H2,1H3,(H,22,25). The molecule has 0 atom stereocenters. The molecule has 0 aliphatic heterocycles. The Bertz CT molecular complexity index is 969. The fraction of sp³-hybridized carbons (Fsp3) is 0.190. The van der Waals surface area contributed by atoms with Crippen molar-refractivity contribution in [3.8, 4) is 22.8 Å². The summed E-state index contributed by atoms with van der Waals surface area (Å²) in [5.74, 6) is 1.12. The first-order valence-electron chi connectivity index (χ1n) is 8.83. The third-order valence-electron chi connectivity index (χ3n) is 3.98. The van der Waals surface area contributed by atoms with E-state index < -0.39 is 0 Å². The van der Waals surface area contributed by atoms with Gasteiger partial charge in [0, 0.05) is 11.6 Å². The average molecular weight is 379 g/mol. The van der Waals surface area contributed by atoms with Crippen LogP contribution in [0.3, 0.4) is 0 Å². The lowest BCUT2D eigenvalue weighted by molar-refractivity contribution is -0.122. The van der Waals surface area contributed by atoms with Crippen molar-refractivity contribution in [1.82, 2.24) is 15.1 Å². The van der Waals surface area contributed by atoms with Gasteiger partial charge >= 0.3 is 0 Å². The molecule has 144 valence electrons. The molecule has 0 aliphatic carbocycles. The van der Waals surface area contributed by atoms with Crippen molar-refractivity contribution >= 4 is 5.91 Å². The molecule has 0 bridgehead atoms. The van der Waals surface area contributed by atoms with E-state index in [1.807, 2.05) is 30.3 Å². The highest BCUT2D eigenvalue weighted by molar-refractivity contribution is 5.75. The number of aromatic nitrogens is 2. The van der Waals surface area contributed by atoms with E-state index in [0.29, 0.717) is 24.6 Å². The lowest BCUT2D eigenvalue weighted by Gasteiger charge is -2.10. The largest absolute Gasteiger partial charge is 0.497 e. The van der Waals surface area contributed by atoms with Gasteiger partial charge in [0.15, 0.2) is 0 Å². The molecule has 7 nitrogen and oxygen atoms in total. The Morgan fingerprint density at radius 2 is 1.71 bits per heavy atom. The van der Waals surface area contributed by atoms with Crippen LogP contribution in [0.4, 0.5) is 0 Å². The quantitative estimate of drug-likeness (QED) is 0.606. The van der Waals surface area contributed by atoms with Crippen molar-refractivity contribution in [3.63, 3.8) is 0 Å². The molecule has 3 rings (SSSR count). The minimum absolute atomic E-state index is 0.151. The zero-order valence-electron chi connectivity index (χ0n) is 15.5. The lowest BCUT2D eigenvalue weighted by atomic mass is 10.1. The first-order chi connectivity index (χ1) is 13.7. The highest BCUT2D eigenvalue weighted by Gasteiger charge is 2.08. The Hall–Kier alpha value is -3.61. The maximum Gasteiger partial charge on any atom is 0.267 e. The molecule has 1 amide bonds. The number of ether oxygens (including phenoxy) is 2. The van der Waals surface area contributed by atoms with Crippen LogP contribution in [0, 0.1) is 0 Å². The van der Waals surface area contributed by atoms with Gasteiger partial charge in [0.1, 0.15) is 24.7 Å². The van der Waals surface area contributed by atoms with Gasteiger partial charge in [0.25, 0.3) is 5.56 Å². The monoisotopic (exact) mass is 379 g/mol. The molecule has 28 heavy (non-hydrogen) atoms. The van der Waals surface area contributed by atoms with E-state index in [9.17, 15) is 9.59 Å². The first-order valence-corrected chi connectivity index (χ1v) is 8.83. The third-order valence-corrected chi connectivity index (χ3v) is 3.98. The Kier molecular flexibility index (Phi) is 6.41. The molecule has 1 heterocycles. The van der Waals surface area contributed by atoms with E-state index >= 15 is 0 Å². The van der Waals surface area contributed by atoms with Gasteiger partial charge in [0.05, 0.1) is 19.3 Å². The fourth-order valence-electron chi connectivity index (χ4n) is 2.55. The van der Waals surface area contributed by atoms with Gasteiger partial charge in [-0.2, -0.15) is 5.10 Å². The molecule has 7 heteroatoms. The molecule has 3 aromatic rings. The Morgan fingerprint density at radius 3 is 2.43 bits per heavy atom. The summed E-state index contributed by atoms with van der Waals surface area (Å²) in [6, 6.07) is 19.7. The summed E-state index contributed by atoms with van der Waals surface area (Å²) in [5.41, 5.74) is 1.18. The number of carbonyl (C=O) groups is 1. The van der Waals surface area contributed by atoms with E-state index in [-0.39, 0.29) is 18.0 Å². The molecule has 0 unspecified atom stereocenters. The first kappa shape index (κ1) is 19.2. The summed E-state index contributed by atoms with van der Waals surface area (Å²) in [6.45, 7) is 0.477. The minimum Gasteiger partial charge on any atom is -0.497 e. The molecular weight excluding hydrogens is 358 g/mol. The highest BCUT2D eigenvalue weighted by atomic mass is 16.5. The molecule has 0 spiro atoms. The summed E-state index contributed by atoms with van der Waals surface area (Å²) in [5, 5.41) is 7.00. The van der Waals surface area contributed by atoms with E-state index in [2.05, 4.69) is 10.4 Å². The third kappa shape index (κ3) is 5.20. The second-order valence-electron chi connectivity index (χ2n) is 5.95. The van der Waals surface area contributed by atoms with E-state index in [1.54, 1.807) is 37.4 Å². The van der Waals surface area contributed by atoms with Crippen LogP contribution in [0.5, 0.6) is 11.5 Å². The van der Waals surface area contributed by atoms with E-state index in [4.69, 9.17) is 9.47 Å². The number of amides is 1. The SMILES string of the molecule is COc1ccc(OCCNC(=O)Cn2nc(-c3ccccc3)ccc2=O)cc1. The fourth-order valence-corrected chi connectivity index (χ4v) is 2.55. The van der Waals surface area contributed by atoms with Gasteiger partial charge < -0.3 is 14.8 Å². The van der Waals surface area contributed by atoms with Gasteiger partial charge in [-0.25, -0.2) is 4.68 Å². The van der Waals surface area contributed by atoms with Crippen LogP contribution in [-0.2, 0) is 11.3 Å². The van der Waals surface area contributed by atoms with Gasteiger partial charge in [-0.05, 0) is 30.3 Å². The Morgan fingerprint density at radius 1 is 1.00 bits per heavy atom. The number of hydrogen-bond acceptors (Lipinski definition) is 5. The number of methoxy groups -OCH3 is 1. The molecule has 1 aromatic heterocycles. The number of rotatable bonds is 8. The van der Waals surface area contributed by atoms with Crippen LogP contribution in [-0.4, -0.2) is 35.9 Å². The van der Waals surface area contributed by atoms with Crippen molar-refractivity contribution in [1.29, 1.82) is 0 Å². The Balaban J connectivity index is 1.51. The van der Waals surface area contributed by atoms with Crippen LogP contribution < -0.4 is 20.3 Å². The molecule has 0 radical (unpaired) electrons. The second-order valence-corrected chi connectivity index (χ2v) is 5.95. The minimum atomic E-state index is -0.329. The maximum absolute atomic E-state index is 12.1. The van der Waals surface area contributed by atoms with Crippen molar-refractivity contribution < 1.29 is 14.3 Å². The summed E-state index contributed by atoms with van der Waals surface area (Å²) < 4.78 is 11.8. The van der Waals surface area contributed by atoms with Gasteiger partial charge in [-0.15, -0.1) is 0 Å². The molecule has 0 saturated heterocycles. The second kappa shape index (κ2) is 9.36. The number of carbonyl (C=O) groups excluding carboxylic acids is 1. The Labute approximate surface area is 162 Å². The zero-order valence-corrected chi connectivity index (χ0v) is 15.5. The average Bonchev–Trinajstić information content (AvgIpc) is 2.74. The predicted molar refractivity (Wildman–Crippen MR) is 105 cm³/mol. The molecule has 1 N–H and O–H groups in total. The normalized spacial score (nSPS) is 10.3. The van der Waals surface area contributed by atoms with Crippen molar-refractivity contribution in [2.45, 2.75) is 6.54 Å². The van der Waals surface area contributed by atoms with E-state index in [0.717, 1.165) is 16.0 Å². The van der Waals surface area contributed by atoms with Crippen molar-refractivity contribution in [2.24, 2.45) is 0 Å². The van der Waals surface area contributed by atoms with E-state index in [1.165, 1.54) is 6.07 Å². The van der Waals surface area contributed by atoms with Crippen LogP contribution in [0.1, 0.15) is 0 Å². The van der Waals surface area contributed by atoms with Crippen molar-refractivity contribution in [3.05, 3.63) is 77.1 Å². The number of benzene rings is 2. The molecule has 0 saturated carbocycles. The topological polar surface area (TPSA) is 82.4 Å². The number of nitrogens with one attached hydrogen (secondary N) is 1. The van der Waals surface area contributed by atoms with Gasteiger partial charge in [0.2, 0.25) is 5.91 Å². The summed E-state index contributed by atoms with van der Waals surface area (Å²) in [4.78, 5) is 24.1. The summed E-state index contributed by atoms with van der Waals surface area (Å²) in [7, 11) is 1.60. The summed E-state index contributed by atoms with van der Waals surface area (Å²) >= 11 is 0. The maximum atomic E-state index is 12.1. The zero-order chi connectivity index (χ0) is 19.8. The molecule has 0 fully saturated rings. The summed E-state index contributed by atoms with van der Waals surface area (Å²) in [6.07, 6.45) is 0. The van der Waals surface area contributed by atoms with Gasteiger partial charge in [-0.3, -0.25) is 9.59 Å². The van der Waals surface area contributed by atoms with Crippen LogP contribution >= 0.6 is 0 Å². The number of nitrogens with zero attached hydrogens (tertiary/aromatic N) is 2. The van der Waals surface area contributed by atoms with Crippen LogP contribution in [0.15, 0.2) is 71.5 Å². The van der Waals surface area contributed by atoms with Crippen LogP contribution in [0.25, 0.3) is 11.3 Å².